The van der Waals surface area contributed by atoms with Gasteiger partial charge in [-0.05, 0) is 89.6 Å². The Morgan fingerprint density at radius 2 is 1.29 bits per heavy atom. The second-order valence-corrected chi connectivity index (χ2v) is 7.96. The van der Waals surface area contributed by atoms with E-state index in [1.54, 1.807) is 0 Å². The van der Waals surface area contributed by atoms with Crippen LogP contribution in [0.3, 0.4) is 0 Å². The van der Waals surface area contributed by atoms with Crippen molar-refractivity contribution in [1.82, 2.24) is 15.1 Å². The highest BCUT2D eigenvalue weighted by Gasteiger charge is 2.41. The van der Waals surface area contributed by atoms with Crippen LogP contribution in [0, 0.1) is 11.8 Å². The van der Waals surface area contributed by atoms with Crippen molar-refractivity contribution in [3.8, 4) is 0 Å². The third kappa shape index (κ3) is 3.02. The zero-order chi connectivity index (χ0) is 14.1. The lowest BCUT2D eigenvalue weighted by Gasteiger charge is -2.51. The maximum Gasteiger partial charge on any atom is 0.0176 e. The Kier molecular flexibility index (Phi) is 4.52. The van der Waals surface area contributed by atoms with Crippen molar-refractivity contribution in [1.29, 1.82) is 0 Å². The van der Waals surface area contributed by atoms with Crippen molar-refractivity contribution < 1.29 is 0 Å². The van der Waals surface area contributed by atoms with Gasteiger partial charge in [0.2, 0.25) is 0 Å². The second kappa shape index (κ2) is 6.55. The first-order valence-electron chi connectivity index (χ1n) is 9.60. The fourth-order valence-corrected chi connectivity index (χ4v) is 5.70. The minimum Gasteiger partial charge on any atom is -0.316 e. The highest BCUT2D eigenvalue weighted by Crippen LogP contribution is 2.36. The van der Waals surface area contributed by atoms with Crippen LogP contribution in [0.5, 0.6) is 0 Å². The summed E-state index contributed by atoms with van der Waals surface area (Å²) in [6.45, 7) is 8.07. The first kappa shape index (κ1) is 14.5. The lowest BCUT2D eigenvalue weighted by molar-refractivity contribution is -0.00127. The maximum absolute atomic E-state index is 3.68. The van der Waals surface area contributed by atoms with E-state index in [1.165, 1.54) is 90.6 Å². The van der Waals surface area contributed by atoms with Gasteiger partial charge in [-0.15, -0.1) is 0 Å². The van der Waals surface area contributed by atoms with Crippen molar-refractivity contribution in [2.24, 2.45) is 11.8 Å². The van der Waals surface area contributed by atoms with Crippen molar-refractivity contribution >= 4 is 0 Å². The number of piperidine rings is 3. The molecule has 0 aromatic carbocycles. The predicted octanol–water partition coefficient (Wildman–Crippen LogP) is 2.32. The summed E-state index contributed by atoms with van der Waals surface area (Å²) < 4.78 is 0. The summed E-state index contributed by atoms with van der Waals surface area (Å²) in [6.07, 6.45) is 11.6. The Labute approximate surface area is 130 Å². The molecule has 4 aliphatic rings. The molecule has 3 saturated heterocycles. The molecule has 0 amide bonds. The molecule has 0 spiro atoms. The molecule has 1 aliphatic carbocycles. The topological polar surface area (TPSA) is 18.5 Å². The van der Waals surface area contributed by atoms with Crippen LogP contribution in [0.25, 0.3) is 0 Å². The average molecular weight is 291 g/mol. The van der Waals surface area contributed by atoms with E-state index in [2.05, 4.69) is 15.1 Å². The van der Waals surface area contributed by atoms with Gasteiger partial charge in [-0.1, -0.05) is 12.8 Å². The Morgan fingerprint density at radius 3 is 1.95 bits per heavy atom. The summed E-state index contributed by atoms with van der Waals surface area (Å²) in [5.74, 6) is 1.90. The first-order chi connectivity index (χ1) is 10.4. The second-order valence-electron chi connectivity index (χ2n) is 7.96. The molecule has 0 unspecified atom stereocenters. The van der Waals surface area contributed by atoms with Crippen LogP contribution in [-0.2, 0) is 0 Å². The quantitative estimate of drug-likeness (QED) is 0.842. The van der Waals surface area contributed by atoms with E-state index in [0.29, 0.717) is 0 Å². The van der Waals surface area contributed by atoms with Gasteiger partial charge >= 0.3 is 0 Å². The van der Waals surface area contributed by atoms with Gasteiger partial charge in [0.25, 0.3) is 0 Å². The number of rotatable bonds is 2. The highest BCUT2D eigenvalue weighted by molar-refractivity contribution is 4.96. The van der Waals surface area contributed by atoms with Gasteiger partial charge in [0.15, 0.2) is 0 Å². The van der Waals surface area contributed by atoms with Crippen molar-refractivity contribution in [2.75, 3.05) is 39.3 Å². The standard InChI is InChI=1S/C18H33N3/c1-2-9-20(10-3-1)17-7-11-21(12-8-17)18-15-5-4-6-16(18)14-19-13-15/h15-19H,1-14H2/t15-,16-/m1/s1. The smallest absolute Gasteiger partial charge is 0.0176 e. The molecule has 0 aromatic heterocycles. The van der Waals surface area contributed by atoms with Crippen LogP contribution in [0.2, 0.25) is 0 Å². The summed E-state index contributed by atoms with van der Waals surface area (Å²) in [7, 11) is 0. The summed E-state index contributed by atoms with van der Waals surface area (Å²) in [5.41, 5.74) is 0. The predicted molar refractivity (Wildman–Crippen MR) is 87.5 cm³/mol. The molecular weight excluding hydrogens is 258 g/mol. The zero-order valence-corrected chi connectivity index (χ0v) is 13.6. The molecule has 3 aliphatic heterocycles. The van der Waals surface area contributed by atoms with Crippen LogP contribution in [0.4, 0.5) is 0 Å². The molecule has 0 aromatic rings. The van der Waals surface area contributed by atoms with Crippen molar-refractivity contribution in [3.63, 3.8) is 0 Å². The third-order valence-electron chi connectivity index (χ3n) is 6.76. The summed E-state index contributed by atoms with van der Waals surface area (Å²) in [5, 5.41) is 3.68. The lowest BCUT2D eigenvalue weighted by atomic mass is 9.73. The van der Waals surface area contributed by atoms with Crippen LogP contribution >= 0.6 is 0 Å². The van der Waals surface area contributed by atoms with Gasteiger partial charge < -0.3 is 10.2 Å². The van der Waals surface area contributed by atoms with E-state index in [1.807, 2.05) is 0 Å². The number of nitrogens with one attached hydrogen (secondary N) is 1. The van der Waals surface area contributed by atoms with E-state index in [4.69, 9.17) is 0 Å². The van der Waals surface area contributed by atoms with Gasteiger partial charge in [0.1, 0.15) is 0 Å². The van der Waals surface area contributed by atoms with Crippen LogP contribution in [0.15, 0.2) is 0 Å². The Balaban J connectivity index is 1.34. The van der Waals surface area contributed by atoms with E-state index >= 15 is 0 Å². The van der Waals surface area contributed by atoms with Gasteiger partial charge in [-0.25, -0.2) is 0 Å². The summed E-state index contributed by atoms with van der Waals surface area (Å²) in [4.78, 5) is 5.71. The van der Waals surface area contributed by atoms with Gasteiger partial charge in [-0.3, -0.25) is 4.90 Å². The molecule has 2 bridgehead atoms. The molecule has 3 nitrogen and oxygen atoms in total. The summed E-state index contributed by atoms with van der Waals surface area (Å²) >= 11 is 0. The molecule has 0 radical (unpaired) electrons. The molecule has 1 N–H and O–H groups in total. The van der Waals surface area contributed by atoms with E-state index < -0.39 is 0 Å². The third-order valence-corrected chi connectivity index (χ3v) is 6.76. The molecular formula is C18H33N3. The Morgan fingerprint density at radius 1 is 0.619 bits per heavy atom. The molecule has 120 valence electrons. The van der Waals surface area contributed by atoms with Crippen LogP contribution in [-0.4, -0.2) is 61.2 Å². The lowest BCUT2D eigenvalue weighted by Crippen LogP contribution is -2.59. The molecule has 3 heterocycles. The number of likely N-dealkylation sites (tertiary alicyclic amines) is 2. The minimum atomic E-state index is 0.906. The van der Waals surface area contributed by atoms with E-state index in [0.717, 1.165) is 23.9 Å². The maximum atomic E-state index is 3.68. The van der Waals surface area contributed by atoms with Gasteiger partial charge in [0.05, 0.1) is 0 Å². The first-order valence-corrected chi connectivity index (χ1v) is 9.60. The van der Waals surface area contributed by atoms with Crippen molar-refractivity contribution in [3.05, 3.63) is 0 Å². The van der Waals surface area contributed by atoms with Crippen LogP contribution in [0.1, 0.15) is 51.4 Å². The fourth-order valence-electron chi connectivity index (χ4n) is 5.70. The monoisotopic (exact) mass is 291 g/mol. The largest absolute Gasteiger partial charge is 0.316 e. The minimum absolute atomic E-state index is 0.906. The van der Waals surface area contributed by atoms with E-state index in [-0.39, 0.29) is 0 Å². The van der Waals surface area contributed by atoms with Gasteiger partial charge in [-0.2, -0.15) is 0 Å². The van der Waals surface area contributed by atoms with Crippen LogP contribution < -0.4 is 5.32 Å². The number of fused-ring (bicyclic) bond motifs is 2. The average Bonchev–Trinajstić information content (AvgIpc) is 2.55. The molecule has 1 saturated carbocycles. The number of nitrogens with zero attached hydrogens (tertiary/aromatic N) is 2. The number of hydrogen-bond donors (Lipinski definition) is 1. The fraction of sp³-hybridized carbons (Fsp3) is 1.00. The van der Waals surface area contributed by atoms with E-state index in [9.17, 15) is 0 Å². The zero-order valence-electron chi connectivity index (χ0n) is 13.6. The Bertz CT molecular complexity index is 309. The molecule has 4 rings (SSSR count). The molecule has 4 fully saturated rings. The molecule has 2 atom stereocenters. The van der Waals surface area contributed by atoms with Gasteiger partial charge in [0, 0.05) is 12.1 Å². The summed E-state index contributed by atoms with van der Waals surface area (Å²) in [6, 6.07) is 1.82. The SMILES string of the molecule is C1CCN(C2CCN(C3[C@@H]4CCC[C@@H]3CNC4)CC2)CC1. The van der Waals surface area contributed by atoms with Crippen molar-refractivity contribution in [2.45, 2.75) is 63.5 Å². The number of hydrogen-bond acceptors (Lipinski definition) is 3. The molecule has 21 heavy (non-hydrogen) atoms. The Hall–Kier alpha value is -0.120. The highest BCUT2D eigenvalue weighted by atomic mass is 15.2. The normalized spacial score (nSPS) is 40.3. The molecule has 3 heteroatoms.